The predicted octanol–water partition coefficient (Wildman–Crippen LogP) is 2.44. The van der Waals surface area contributed by atoms with Gasteiger partial charge in [-0.1, -0.05) is 26.6 Å². The molecular formula is C8H17O2Si. The van der Waals surface area contributed by atoms with Gasteiger partial charge in [0.2, 0.25) is 0 Å². The Hall–Kier alpha value is -0.313. The molecule has 0 rings (SSSR count). The fourth-order valence-corrected chi connectivity index (χ4v) is 1.60. The van der Waals surface area contributed by atoms with Crippen LogP contribution in [-0.2, 0) is 9.53 Å². The van der Waals surface area contributed by atoms with Gasteiger partial charge in [-0.25, -0.2) is 0 Å². The van der Waals surface area contributed by atoms with Crippen LogP contribution in [0.15, 0.2) is 0 Å². The third-order valence-corrected chi connectivity index (χ3v) is 2.41. The zero-order chi connectivity index (χ0) is 8.91. The van der Waals surface area contributed by atoms with Gasteiger partial charge in [0, 0.05) is 6.04 Å². The molecule has 0 aromatic rings. The van der Waals surface area contributed by atoms with Gasteiger partial charge in [-0.15, -0.1) is 0 Å². The van der Waals surface area contributed by atoms with E-state index in [2.05, 4.69) is 19.6 Å². The molecule has 0 spiro atoms. The van der Waals surface area contributed by atoms with Crippen LogP contribution in [0, 0.1) is 6.61 Å². The highest BCUT2D eigenvalue weighted by atomic mass is 28.3. The van der Waals surface area contributed by atoms with E-state index in [0.29, 0.717) is 6.04 Å². The Balaban J connectivity index is 3.53. The van der Waals surface area contributed by atoms with Crippen LogP contribution in [0.1, 0.15) is 13.3 Å². The van der Waals surface area contributed by atoms with E-state index in [9.17, 15) is 4.79 Å². The smallest absolute Gasteiger partial charge is 0.303 e. The van der Waals surface area contributed by atoms with Crippen LogP contribution in [0.5, 0.6) is 0 Å². The molecule has 0 atom stereocenters. The predicted molar refractivity (Wildman–Crippen MR) is 48.8 cm³/mol. The fraction of sp³-hybridized carbons (Fsp3) is 0.750. The Morgan fingerprint density at radius 3 is 2.36 bits per heavy atom. The third kappa shape index (κ3) is 7.59. The van der Waals surface area contributed by atoms with E-state index >= 15 is 0 Å². The Labute approximate surface area is 69.9 Å². The number of rotatable bonds is 4. The lowest BCUT2D eigenvalue weighted by Crippen LogP contribution is -2.24. The summed E-state index contributed by atoms with van der Waals surface area (Å²) in [5.41, 5.74) is 0. The molecule has 0 aliphatic heterocycles. The molecule has 0 saturated heterocycles. The Kier molecular flexibility index (Phi) is 4.41. The minimum atomic E-state index is -1.26. The maximum absolute atomic E-state index is 11.0. The monoisotopic (exact) mass is 173 g/mol. The van der Waals surface area contributed by atoms with Crippen molar-refractivity contribution in [1.29, 1.82) is 0 Å². The average Bonchev–Trinajstić information content (AvgIpc) is 1.79. The van der Waals surface area contributed by atoms with Crippen molar-refractivity contribution in [2.45, 2.75) is 39.0 Å². The van der Waals surface area contributed by atoms with Gasteiger partial charge >= 0.3 is 5.97 Å². The van der Waals surface area contributed by atoms with E-state index in [4.69, 9.17) is 4.74 Å². The summed E-state index contributed by atoms with van der Waals surface area (Å²) < 4.78 is 4.84. The topological polar surface area (TPSA) is 26.3 Å². The van der Waals surface area contributed by atoms with Gasteiger partial charge in [0.15, 0.2) is 0 Å². The van der Waals surface area contributed by atoms with Crippen molar-refractivity contribution in [3.8, 4) is 0 Å². The highest BCUT2D eigenvalue weighted by molar-refractivity contribution is 6.78. The number of hydrogen-bond donors (Lipinski definition) is 0. The molecule has 0 aromatic carbocycles. The van der Waals surface area contributed by atoms with E-state index in [1.165, 1.54) is 0 Å². The van der Waals surface area contributed by atoms with E-state index in [-0.39, 0.29) is 5.97 Å². The average molecular weight is 173 g/mol. The minimum absolute atomic E-state index is 0.0778. The largest absolute Gasteiger partial charge is 0.459 e. The van der Waals surface area contributed by atoms with Crippen LogP contribution in [0.2, 0.25) is 25.7 Å². The van der Waals surface area contributed by atoms with E-state index in [0.717, 1.165) is 6.42 Å². The number of carbonyl (C=O) groups is 1. The number of esters is 1. The molecule has 0 bridgehead atoms. The highest BCUT2D eigenvalue weighted by Gasteiger charge is 2.18. The molecule has 2 nitrogen and oxygen atoms in total. The SMILES string of the molecule is CC[CH]OC(=O)C[Si](C)(C)C. The van der Waals surface area contributed by atoms with Gasteiger partial charge in [0.25, 0.3) is 0 Å². The van der Waals surface area contributed by atoms with Gasteiger partial charge in [-0.3, -0.25) is 4.79 Å². The molecule has 0 amide bonds. The quantitative estimate of drug-likeness (QED) is 0.482. The summed E-state index contributed by atoms with van der Waals surface area (Å²) in [5.74, 6) is -0.0778. The molecular weight excluding hydrogens is 156 g/mol. The molecule has 0 heterocycles. The second-order valence-electron chi connectivity index (χ2n) is 3.80. The maximum atomic E-state index is 11.0. The first-order valence-corrected chi connectivity index (χ1v) is 7.67. The Bertz CT molecular complexity index is 127. The van der Waals surface area contributed by atoms with Crippen molar-refractivity contribution in [2.24, 2.45) is 0 Å². The van der Waals surface area contributed by atoms with Gasteiger partial charge in [0.05, 0.1) is 8.07 Å². The zero-order valence-corrected chi connectivity index (χ0v) is 8.81. The summed E-state index contributed by atoms with van der Waals surface area (Å²) in [7, 11) is -1.26. The summed E-state index contributed by atoms with van der Waals surface area (Å²) in [6, 6.07) is 0.615. The molecule has 0 N–H and O–H groups in total. The van der Waals surface area contributed by atoms with Gasteiger partial charge in [-0.05, 0) is 6.42 Å². The highest BCUT2D eigenvalue weighted by Crippen LogP contribution is 2.09. The first-order valence-electron chi connectivity index (χ1n) is 3.97. The van der Waals surface area contributed by atoms with Crippen LogP contribution in [0.4, 0.5) is 0 Å². The normalized spacial score (nSPS) is 11.3. The summed E-state index contributed by atoms with van der Waals surface area (Å²) in [6.45, 7) is 9.96. The van der Waals surface area contributed by atoms with Crippen molar-refractivity contribution in [3.05, 3.63) is 6.61 Å². The zero-order valence-electron chi connectivity index (χ0n) is 7.81. The van der Waals surface area contributed by atoms with Crippen LogP contribution in [0.25, 0.3) is 0 Å². The van der Waals surface area contributed by atoms with Gasteiger partial charge in [-0.2, -0.15) is 0 Å². The van der Waals surface area contributed by atoms with Crippen LogP contribution in [-0.4, -0.2) is 14.0 Å². The summed E-state index contributed by atoms with van der Waals surface area (Å²) in [4.78, 5) is 11.0. The van der Waals surface area contributed by atoms with Crippen molar-refractivity contribution in [3.63, 3.8) is 0 Å². The fourth-order valence-electron chi connectivity index (χ4n) is 0.651. The first-order chi connectivity index (χ1) is 4.95. The number of ether oxygens (including phenoxy) is 1. The van der Waals surface area contributed by atoms with Gasteiger partial charge in [0.1, 0.15) is 6.61 Å². The molecule has 11 heavy (non-hydrogen) atoms. The summed E-state index contributed by atoms with van der Waals surface area (Å²) >= 11 is 0. The molecule has 3 heteroatoms. The lowest BCUT2D eigenvalue weighted by Gasteiger charge is -2.13. The van der Waals surface area contributed by atoms with E-state index in [1.807, 2.05) is 6.92 Å². The second kappa shape index (κ2) is 4.54. The maximum Gasteiger partial charge on any atom is 0.303 e. The molecule has 0 aliphatic rings. The molecule has 0 aliphatic carbocycles. The molecule has 65 valence electrons. The molecule has 0 saturated carbocycles. The lowest BCUT2D eigenvalue weighted by molar-refractivity contribution is -0.137. The molecule has 0 fully saturated rings. The van der Waals surface area contributed by atoms with E-state index in [1.54, 1.807) is 6.61 Å². The Morgan fingerprint density at radius 1 is 1.45 bits per heavy atom. The van der Waals surface area contributed by atoms with Crippen molar-refractivity contribution >= 4 is 14.0 Å². The summed E-state index contributed by atoms with van der Waals surface area (Å²) in [5, 5.41) is 0. The number of hydrogen-bond acceptors (Lipinski definition) is 2. The van der Waals surface area contributed by atoms with E-state index < -0.39 is 8.07 Å². The van der Waals surface area contributed by atoms with Gasteiger partial charge < -0.3 is 4.74 Å². The van der Waals surface area contributed by atoms with Crippen LogP contribution < -0.4 is 0 Å². The molecule has 0 unspecified atom stereocenters. The molecule has 1 radical (unpaired) electrons. The van der Waals surface area contributed by atoms with Crippen LogP contribution >= 0.6 is 0 Å². The van der Waals surface area contributed by atoms with Crippen molar-refractivity contribution in [2.75, 3.05) is 0 Å². The lowest BCUT2D eigenvalue weighted by atomic mass is 10.5. The first kappa shape index (κ1) is 10.7. The summed E-state index contributed by atoms with van der Waals surface area (Å²) in [6.07, 6.45) is 0.789. The Morgan fingerprint density at radius 2 is 2.00 bits per heavy atom. The standard InChI is InChI=1S/C8H17O2Si/c1-5-6-10-8(9)7-11(2,3)4/h6H,5,7H2,1-4H3. The van der Waals surface area contributed by atoms with Crippen molar-refractivity contribution < 1.29 is 9.53 Å². The van der Waals surface area contributed by atoms with Crippen LogP contribution in [0.3, 0.4) is 0 Å². The van der Waals surface area contributed by atoms with Crippen molar-refractivity contribution in [1.82, 2.24) is 0 Å². The second-order valence-corrected chi connectivity index (χ2v) is 9.28. The third-order valence-electron chi connectivity index (χ3n) is 1.06. The minimum Gasteiger partial charge on any atom is -0.459 e. The number of carbonyl (C=O) groups excluding carboxylic acids is 1. The molecule has 0 aromatic heterocycles.